The minimum absolute atomic E-state index is 0.0266. The molecule has 0 amide bonds. The average Bonchev–Trinajstić information content (AvgIpc) is 2.63. The van der Waals surface area contributed by atoms with Crippen molar-refractivity contribution in [3.8, 4) is 11.5 Å². The molecule has 0 radical (unpaired) electrons. The van der Waals surface area contributed by atoms with E-state index in [1.54, 1.807) is 24.4 Å². The Hall–Kier alpha value is -2.87. The monoisotopic (exact) mass is 419 g/mol. The first-order valence-electron chi connectivity index (χ1n) is 7.78. The fourth-order valence-corrected chi connectivity index (χ4v) is 2.44. The smallest absolute Gasteiger partial charge is 0.269 e. The zero-order valence-electron chi connectivity index (χ0n) is 14.1. The topological polar surface area (TPSA) is 86.0 Å². The van der Waals surface area contributed by atoms with Crippen molar-refractivity contribution < 1.29 is 14.4 Å². The van der Waals surface area contributed by atoms with E-state index in [0.29, 0.717) is 30.4 Å². The van der Waals surface area contributed by atoms with Crippen molar-refractivity contribution in [3.05, 3.63) is 69.2 Å². The van der Waals surface area contributed by atoms with Gasteiger partial charge in [-0.1, -0.05) is 12.7 Å². The largest absolute Gasteiger partial charge is 0.490 e. The van der Waals surface area contributed by atoms with Crippen LogP contribution in [-0.4, -0.2) is 24.4 Å². The molecule has 0 bridgehead atoms. The molecule has 0 fully saturated rings. The number of halogens is 1. The molecule has 2 rings (SSSR count). The molecule has 8 heteroatoms. The molecule has 26 heavy (non-hydrogen) atoms. The first-order valence-corrected chi connectivity index (χ1v) is 8.58. The van der Waals surface area contributed by atoms with Crippen LogP contribution in [0.4, 0.5) is 11.4 Å². The fourth-order valence-electron chi connectivity index (χ4n) is 2.01. The van der Waals surface area contributed by atoms with Crippen LogP contribution in [-0.2, 0) is 0 Å². The van der Waals surface area contributed by atoms with Gasteiger partial charge in [-0.15, -0.1) is 0 Å². The predicted octanol–water partition coefficient (Wildman–Crippen LogP) is 4.77. The normalized spacial score (nSPS) is 10.5. The minimum atomic E-state index is -0.449. The highest BCUT2D eigenvalue weighted by Crippen LogP contribution is 2.33. The molecule has 0 heterocycles. The van der Waals surface area contributed by atoms with Crippen molar-refractivity contribution in [2.75, 3.05) is 18.6 Å². The Morgan fingerprint density at radius 2 is 1.96 bits per heavy atom. The summed E-state index contributed by atoms with van der Waals surface area (Å²) in [4.78, 5) is 10.2. The molecular formula is C18H18BrN3O4. The zero-order chi connectivity index (χ0) is 18.9. The van der Waals surface area contributed by atoms with Crippen LogP contribution in [0.15, 0.2) is 58.6 Å². The molecule has 0 aliphatic rings. The number of hydrogen-bond acceptors (Lipinski definition) is 6. The van der Waals surface area contributed by atoms with Gasteiger partial charge in [-0.05, 0) is 47.1 Å². The number of anilines is 1. The maximum atomic E-state index is 10.7. The van der Waals surface area contributed by atoms with Crippen LogP contribution in [0, 0.1) is 10.1 Å². The van der Waals surface area contributed by atoms with Gasteiger partial charge in [0.15, 0.2) is 11.5 Å². The lowest BCUT2D eigenvalue weighted by molar-refractivity contribution is -0.384. The quantitative estimate of drug-likeness (QED) is 0.274. The van der Waals surface area contributed by atoms with Crippen LogP contribution in [0.1, 0.15) is 12.5 Å². The van der Waals surface area contributed by atoms with E-state index < -0.39 is 4.92 Å². The number of non-ortho nitro benzene ring substituents is 1. The standard InChI is InChI=1S/C18H18BrN3O4/c1-3-9-26-18-11-16(19)13(10-17(18)25-4-2)12-20-21-14-5-7-15(8-6-14)22(23)24/h3,5-8,10-12,21H,1,4,9H2,2H3/b20-12+. The Morgan fingerprint density at radius 3 is 2.58 bits per heavy atom. The molecular weight excluding hydrogens is 402 g/mol. The molecule has 0 saturated heterocycles. The van der Waals surface area contributed by atoms with Gasteiger partial charge in [-0.3, -0.25) is 15.5 Å². The Bertz CT molecular complexity index is 807. The van der Waals surface area contributed by atoms with Crippen LogP contribution >= 0.6 is 15.9 Å². The number of hydrogen-bond donors (Lipinski definition) is 1. The molecule has 0 aromatic heterocycles. The second kappa shape index (κ2) is 9.57. The summed E-state index contributed by atoms with van der Waals surface area (Å²) >= 11 is 3.48. The highest BCUT2D eigenvalue weighted by Gasteiger charge is 2.10. The third-order valence-electron chi connectivity index (χ3n) is 3.19. The van der Waals surface area contributed by atoms with Gasteiger partial charge in [0, 0.05) is 22.2 Å². The summed E-state index contributed by atoms with van der Waals surface area (Å²) in [5.74, 6) is 1.22. The number of nitrogens with one attached hydrogen (secondary N) is 1. The number of benzene rings is 2. The van der Waals surface area contributed by atoms with Crippen LogP contribution in [0.3, 0.4) is 0 Å². The molecule has 136 valence electrons. The van der Waals surface area contributed by atoms with Gasteiger partial charge < -0.3 is 9.47 Å². The van der Waals surface area contributed by atoms with Crippen molar-refractivity contribution in [3.63, 3.8) is 0 Å². The number of nitrogens with zero attached hydrogens (tertiary/aromatic N) is 2. The summed E-state index contributed by atoms with van der Waals surface area (Å²) in [5.41, 5.74) is 4.28. The summed E-state index contributed by atoms with van der Waals surface area (Å²) < 4.78 is 12.0. The van der Waals surface area contributed by atoms with E-state index in [1.807, 2.05) is 19.1 Å². The van der Waals surface area contributed by atoms with Crippen LogP contribution in [0.25, 0.3) is 0 Å². The molecule has 2 aromatic rings. The fraction of sp³-hybridized carbons (Fsp3) is 0.167. The van der Waals surface area contributed by atoms with Crippen LogP contribution < -0.4 is 14.9 Å². The van der Waals surface area contributed by atoms with E-state index in [0.717, 1.165) is 10.0 Å². The van der Waals surface area contributed by atoms with Gasteiger partial charge >= 0.3 is 0 Å². The van der Waals surface area contributed by atoms with E-state index in [4.69, 9.17) is 9.47 Å². The van der Waals surface area contributed by atoms with Gasteiger partial charge in [0.1, 0.15) is 6.61 Å². The lowest BCUT2D eigenvalue weighted by atomic mass is 10.2. The van der Waals surface area contributed by atoms with Gasteiger partial charge in [0.2, 0.25) is 0 Å². The van der Waals surface area contributed by atoms with Crippen molar-refractivity contribution in [2.45, 2.75) is 6.92 Å². The van der Waals surface area contributed by atoms with Crippen molar-refractivity contribution in [1.82, 2.24) is 0 Å². The Kier molecular flexibility index (Phi) is 7.16. The van der Waals surface area contributed by atoms with Gasteiger partial charge in [-0.2, -0.15) is 5.10 Å². The van der Waals surface area contributed by atoms with Gasteiger partial charge in [0.25, 0.3) is 5.69 Å². The van der Waals surface area contributed by atoms with E-state index >= 15 is 0 Å². The first kappa shape index (κ1) is 19.5. The third-order valence-corrected chi connectivity index (χ3v) is 3.88. The summed E-state index contributed by atoms with van der Waals surface area (Å²) in [7, 11) is 0. The van der Waals surface area contributed by atoms with Gasteiger partial charge in [-0.25, -0.2) is 0 Å². The maximum absolute atomic E-state index is 10.7. The molecule has 0 aliphatic carbocycles. The second-order valence-electron chi connectivity index (χ2n) is 5.03. The second-order valence-corrected chi connectivity index (χ2v) is 5.88. The van der Waals surface area contributed by atoms with Crippen molar-refractivity contribution >= 4 is 33.5 Å². The molecule has 2 aromatic carbocycles. The van der Waals surface area contributed by atoms with Crippen LogP contribution in [0.5, 0.6) is 11.5 Å². The average molecular weight is 420 g/mol. The van der Waals surface area contributed by atoms with Crippen molar-refractivity contribution in [1.29, 1.82) is 0 Å². The first-order chi connectivity index (χ1) is 12.5. The molecule has 1 N–H and O–H groups in total. The van der Waals surface area contributed by atoms with Crippen molar-refractivity contribution in [2.24, 2.45) is 5.10 Å². The molecule has 0 spiro atoms. The molecule has 0 atom stereocenters. The summed E-state index contributed by atoms with van der Waals surface area (Å²) in [6, 6.07) is 9.61. The number of nitro groups is 1. The summed E-state index contributed by atoms with van der Waals surface area (Å²) in [5, 5.41) is 14.8. The molecule has 0 saturated carbocycles. The van der Waals surface area contributed by atoms with Gasteiger partial charge in [0.05, 0.1) is 23.4 Å². The Morgan fingerprint density at radius 1 is 1.27 bits per heavy atom. The number of ether oxygens (including phenoxy) is 2. The predicted molar refractivity (Wildman–Crippen MR) is 105 cm³/mol. The third kappa shape index (κ3) is 5.32. The molecule has 7 nitrogen and oxygen atoms in total. The lowest BCUT2D eigenvalue weighted by Crippen LogP contribution is -2.01. The summed E-state index contributed by atoms with van der Waals surface area (Å²) in [6.07, 6.45) is 3.28. The summed E-state index contributed by atoms with van der Waals surface area (Å²) in [6.45, 7) is 6.40. The number of nitro benzene ring substituents is 1. The Labute approximate surface area is 159 Å². The number of rotatable bonds is 9. The molecule has 0 unspecified atom stereocenters. The van der Waals surface area contributed by atoms with E-state index in [9.17, 15) is 10.1 Å². The number of hydrazone groups is 1. The highest BCUT2D eigenvalue weighted by molar-refractivity contribution is 9.10. The zero-order valence-corrected chi connectivity index (χ0v) is 15.7. The highest BCUT2D eigenvalue weighted by atomic mass is 79.9. The minimum Gasteiger partial charge on any atom is -0.490 e. The van der Waals surface area contributed by atoms with E-state index in [2.05, 4.69) is 33.0 Å². The Balaban J connectivity index is 2.14. The molecule has 0 aliphatic heterocycles. The van der Waals surface area contributed by atoms with Crippen LogP contribution in [0.2, 0.25) is 0 Å². The van der Waals surface area contributed by atoms with E-state index in [-0.39, 0.29) is 5.69 Å². The SMILES string of the molecule is C=CCOc1cc(Br)c(/C=N/Nc2ccc([N+](=O)[O-])cc2)cc1OCC. The lowest BCUT2D eigenvalue weighted by Gasteiger charge is -2.12. The van der Waals surface area contributed by atoms with E-state index in [1.165, 1.54) is 12.1 Å². The maximum Gasteiger partial charge on any atom is 0.269 e.